The number of carboxylic acids is 1. The van der Waals surface area contributed by atoms with E-state index in [9.17, 15) is 18.7 Å². The Morgan fingerprint density at radius 2 is 2.05 bits per heavy atom. The molecule has 1 rings (SSSR count). The number of halogens is 2. The smallest absolute Gasteiger partial charge is 0.305 e. The number of rotatable bonds is 7. The summed E-state index contributed by atoms with van der Waals surface area (Å²) < 4.78 is 26.8. The van der Waals surface area contributed by atoms with Crippen LogP contribution >= 0.6 is 0 Å². The lowest BCUT2D eigenvalue weighted by Crippen LogP contribution is -2.42. The number of aliphatic hydroxyl groups excluding tert-OH is 1. The molecule has 6 heteroatoms. The average Bonchev–Trinajstić information content (AvgIpc) is 2.39. The maximum Gasteiger partial charge on any atom is 0.305 e. The fraction of sp³-hybridized carbons (Fsp3) is 0.500. The molecular weight excluding hydrogens is 268 g/mol. The van der Waals surface area contributed by atoms with Crippen molar-refractivity contribution in [2.75, 3.05) is 0 Å². The minimum absolute atomic E-state index is 0.0504. The molecule has 0 radical (unpaired) electrons. The first-order chi connectivity index (χ1) is 9.35. The van der Waals surface area contributed by atoms with E-state index in [0.717, 1.165) is 18.2 Å². The average molecular weight is 287 g/mol. The first-order valence-corrected chi connectivity index (χ1v) is 6.46. The van der Waals surface area contributed by atoms with Gasteiger partial charge in [0.25, 0.3) is 0 Å². The van der Waals surface area contributed by atoms with Gasteiger partial charge in [0, 0.05) is 17.6 Å². The summed E-state index contributed by atoms with van der Waals surface area (Å²) in [5, 5.41) is 21.9. The largest absolute Gasteiger partial charge is 0.481 e. The van der Waals surface area contributed by atoms with Crippen molar-refractivity contribution >= 4 is 5.97 Å². The van der Waals surface area contributed by atoms with Crippen molar-refractivity contribution in [3.63, 3.8) is 0 Å². The summed E-state index contributed by atoms with van der Waals surface area (Å²) in [7, 11) is 0. The fourth-order valence-corrected chi connectivity index (χ4v) is 1.89. The van der Waals surface area contributed by atoms with Crippen LogP contribution in [-0.2, 0) is 4.79 Å². The van der Waals surface area contributed by atoms with Gasteiger partial charge in [-0.15, -0.1) is 0 Å². The van der Waals surface area contributed by atoms with Crippen LogP contribution in [0.1, 0.15) is 38.4 Å². The Morgan fingerprint density at radius 1 is 1.40 bits per heavy atom. The van der Waals surface area contributed by atoms with E-state index in [1.54, 1.807) is 0 Å². The highest BCUT2D eigenvalue weighted by Crippen LogP contribution is 2.23. The molecule has 0 bridgehead atoms. The van der Waals surface area contributed by atoms with Crippen molar-refractivity contribution in [1.29, 1.82) is 0 Å². The number of nitrogens with one attached hydrogen (secondary N) is 1. The second kappa shape index (κ2) is 7.31. The summed E-state index contributed by atoms with van der Waals surface area (Å²) in [6.45, 7) is 3.72. The molecule has 1 aromatic rings. The number of hydrogen-bond donors (Lipinski definition) is 3. The quantitative estimate of drug-likeness (QED) is 0.719. The predicted molar refractivity (Wildman–Crippen MR) is 70.2 cm³/mol. The Labute approximate surface area is 116 Å². The van der Waals surface area contributed by atoms with Crippen molar-refractivity contribution in [2.45, 2.75) is 44.9 Å². The number of aliphatic hydroxyl groups is 1. The molecule has 0 fully saturated rings. The summed E-state index contributed by atoms with van der Waals surface area (Å²) in [5.74, 6) is -2.57. The number of aliphatic carboxylic acids is 1. The van der Waals surface area contributed by atoms with Crippen LogP contribution in [0.15, 0.2) is 18.2 Å². The van der Waals surface area contributed by atoms with Crippen molar-refractivity contribution in [1.82, 2.24) is 5.32 Å². The zero-order chi connectivity index (χ0) is 15.3. The number of carbonyl (C=O) groups is 1. The van der Waals surface area contributed by atoms with Crippen molar-refractivity contribution in [3.8, 4) is 0 Å². The van der Waals surface area contributed by atoms with E-state index >= 15 is 0 Å². The second-order valence-corrected chi connectivity index (χ2v) is 4.79. The molecule has 3 N–H and O–H groups in total. The van der Waals surface area contributed by atoms with Crippen LogP contribution in [0.25, 0.3) is 0 Å². The molecule has 0 aliphatic heterocycles. The third kappa shape index (κ3) is 4.54. The number of carboxylic acid groups (broad SMARTS) is 1. The number of hydrogen-bond acceptors (Lipinski definition) is 3. The third-order valence-corrected chi connectivity index (χ3v) is 3.16. The van der Waals surface area contributed by atoms with Gasteiger partial charge in [-0.2, -0.15) is 0 Å². The van der Waals surface area contributed by atoms with E-state index in [4.69, 9.17) is 5.11 Å². The van der Waals surface area contributed by atoms with Crippen LogP contribution in [-0.4, -0.2) is 28.3 Å². The molecule has 0 aliphatic rings. The molecule has 0 spiro atoms. The Morgan fingerprint density at radius 3 is 2.60 bits per heavy atom. The van der Waals surface area contributed by atoms with Crippen LogP contribution in [0.4, 0.5) is 8.78 Å². The van der Waals surface area contributed by atoms with Gasteiger partial charge in [0.1, 0.15) is 11.6 Å². The third-order valence-electron chi connectivity index (χ3n) is 3.16. The minimum Gasteiger partial charge on any atom is -0.481 e. The van der Waals surface area contributed by atoms with Gasteiger partial charge < -0.3 is 15.5 Å². The number of benzene rings is 1. The Hall–Kier alpha value is -1.53. The summed E-state index contributed by atoms with van der Waals surface area (Å²) in [5.41, 5.74) is -0.243. The molecule has 0 amide bonds. The van der Waals surface area contributed by atoms with Gasteiger partial charge in [-0.05, 0) is 31.5 Å². The van der Waals surface area contributed by atoms with Crippen LogP contribution in [0.5, 0.6) is 0 Å². The van der Waals surface area contributed by atoms with E-state index in [1.165, 1.54) is 0 Å². The van der Waals surface area contributed by atoms with Crippen molar-refractivity contribution in [3.05, 3.63) is 35.4 Å². The monoisotopic (exact) mass is 287 g/mol. The summed E-state index contributed by atoms with van der Waals surface area (Å²) in [6, 6.07) is 1.80. The Kier molecular flexibility index (Phi) is 6.04. The van der Waals surface area contributed by atoms with Gasteiger partial charge in [0.15, 0.2) is 0 Å². The van der Waals surface area contributed by atoms with Gasteiger partial charge in [0.2, 0.25) is 0 Å². The SMILES string of the molecule is CCC(C)NC(CC(=O)O)C(O)c1cc(F)ccc1F. The van der Waals surface area contributed by atoms with Gasteiger partial charge >= 0.3 is 5.97 Å². The molecule has 20 heavy (non-hydrogen) atoms. The van der Waals surface area contributed by atoms with Gasteiger partial charge in [0.05, 0.1) is 12.5 Å². The van der Waals surface area contributed by atoms with Crippen LogP contribution in [0.3, 0.4) is 0 Å². The van der Waals surface area contributed by atoms with E-state index in [1.807, 2.05) is 13.8 Å². The van der Waals surface area contributed by atoms with E-state index in [0.29, 0.717) is 6.42 Å². The van der Waals surface area contributed by atoms with Crippen LogP contribution in [0.2, 0.25) is 0 Å². The first-order valence-electron chi connectivity index (χ1n) is 6.46. The molecule has 112 valence electrons. The topological polar surface area (TPSA) is 69.6 Å². The van der Waals surface area contributed by atoms with Crippen LogP contribution < -0.4 is 5.32 Å². The van der Waals surface area contributed by atoms with E-state index in [2.05, 4.69) is 5.32 Å². The van der Waals surface area contributed by atoms with Crippen molar-refractivity contribution in [2.24, 2.45) is 0 Å². The predicted octanol–water partition coefficient (Wildman–Crippen LogP) is 2.23. The lowest BCUT2D eigenvalue weighted by atomic mass is 9.98. The molecule has 0 heterocycles. The van der Waals surface area contributed by atoms with E-state index < -0.39 is 29.7 Å². The lowest BCUT2D eigenvalue weighted by Gasteiger charge is -2.26. The molecule has 3 unspecified atom stereocenters. The first kappa shape index (κ1) is 16.5. The standard InChI is InChI=1S/C14H19F2NO3/c1-3-8(2)17-12(7-13(18)19)14(20)10-6-9(15)4-5-11(10)16/h4-6,8,12,14,17,20H,3,7H2,1-2H3,(H,18,19). The van der Waals surface area contributed by atoms with E-state index in [-0.39, 0.29) is 18.0 Å². The Bertz CT molecular complexity index is 468. The molecule has 3 atom stereocenters. The van der Waals surface area contributed by atoms with Gasteiger partial charge in [-0.25, -0.2) is 8.78 Å². The zero-order valence-corrected chi connectivity index (χ0v) is 11.4. The molecule has 0 saturated heterocycles. The summed E-state index contributed by atoms with van der Waals surface area (Å²) >= 11 is 0. The maximum atomic E-state index is 13.6. The molecule has 0 saturated carbocycles. The zero-order valence-electron chi connectivity index (χ0n) is 11.4. The second-order valence-electron chi connectivity index (χ2n) is 4.79. The molecular formula is C14H19F2NO3. The normalized spacial score (nSPS) is 15.7. The highest BCUT2D eigenvalue weighted by molar-refractivity contribution is 5.67. The fourth-order valence-electron chi connectivity index (χ4n) is 1.89. The highest BCUT2D eigenvalue weighted by atomic mass is 19.1. The van der Waals surface area contributed by atoms with Gasteiger partial charge in [-0.3, -0.25) is 4.79 Å². The highest BCUT2D eigenvalue weighted by Gasteiger charge is 2.27. The lowest BCUT2D eigenvalue weighted by molar-refractivity contribution is -0.138. The minimum atomic E-state index is -1.43. The van der Waals surface area contributed by atoms with Crippen LogP contribution in [0, 0.1) is 11.6 Å². The Balaban J connectivity index is 2.99. The maximum absolute atomic E-state index is 13.6. The molecule has 0 aliphatic carbocycles. The van der Waals surface area contributed by atoms with Gasteiger partial charge in [-0.1, -0.05) is 6.92 Å². The van der Waals surface area contributed by atoms with Crippen molar-refractivity contribution < 1.29 is 23.8 Å². The summed E-state index contributed by atoms with van der Waals surface area (Å²) in [6.07, 6.45) is -1.11. The molecule has 1 aromatic carbocycles. The molecule has 4 nitrogen and oxygen atoms in total. The summed E-state index contributed by atoms with van der Waals surface area (Å²) in [4.78, 5) is 10.8. The molecule has 0 aromatic heterocycles.